The van der Waals surface area contributed by atoms with E-state index in [1.807, 2.05) is 20.8 Å². The number of ether oxygens (including phenoxy) is 1. The van der Waals surface area contributed by atoms with Crippen molar-refractivity contribution in [2.24, 2.45) is 11.3 Å². The number of nitrogens with one attached hydrogen (secondary N) is 1. The predicted octanol–water partition coefficient (Wildman–Crippen LogP) is 2.83. The number of nitrogens with zero attached hydrogens (tertiary/aromatic N) is 2. The topological polar surface area (TPSA) is 102 Å². The Morgan fingerprint density at radius 3 is 2.38 bits per heavy atom. The highest BCUT2D eigenvalue weighted by atomic mass is 16.6. The van der Waals surface area contributed by atoms with Gasteiger partial charge in [0.15, 0.2) is 0 Å². The molecule has 0 spiro atoms. The van der Waals surface area contributed by atoms with E-state index in [-0.39, 0.29) is 29.1 Å². The predicted molar refractivity (Wildman–Crippen MR) is 97.0 cm³/mol. The highest BCUT2D eigenvalue weighted by Crippen LogP contribution is 2.30. The SMILES string of the molecule is COc1ccc(NC(=O)C2CCN(C(=O)C(C)(C)C)CC2)c([N+](=O)[O-])c1. The molecule has 0 atom stereocenters. The molecule has 1 fully saturated rings. The molecule has 1 aliphatic rings. The summed E-state index contributed by atoms with van der Waals surface area (Å²) in [7, 11) is 1.42. The van der Waals surface area contributed by atoms with E-state index in [0.717, 1.165) is 0 Å². The fraction of sp³-hybridized carbons (Fsp3) is 0.556. The zero-order valence-electron chi connectivity index (χ0n) is 15.6. The number of rotatable bonds is 4. The molecule has 1 aliphatic heterocycles. The summed E-state index contributed by atoms with van der Waals surface area (Å²) < 4.78 is 4.99. The molecule has 1 aromatic carbocycles. The molecular weight excluding hydrogens is 338 g/mol. The molecule has 142 valence electrons. The molecule has 1 N–H and O–H groups in total. The highest BCUT2D eigenvalue weighted by Gasteiger charge is 2.32. The van der Waals surface area contributed by atoms with Gasteiger partial charge >= 0.3 is 0 Å². The Hall–Kier alpha value is -2.64. The van der Waals surface area contributed by atoms with Crippen LogP contribution in [0, 0.1) is 21.4 Å². The molecule has 0 unspecified atom stereocenters. The summed E-state index contributed by atoms with van der Waals surface area (Å²) in [5.41, 5.74) is -0.509. The number of nitro groups is 1. The van der Waals surface area contributed by atoms with Crippen molar-refractivity contribution in [2.45, 2.75) is 33.6 Å². The fourth-order valence-electron chi connectivity index (χ4n) is 2.95. The summed E-state index contributed by atoms with van der Waals surface area (Å²) in [5.74, 6) is -0.118. The number of hydrogen-bond acceptors (Lipinski definition) is 5. The van der Waals surface area contributed by atoms with E-state index in [1.165, 1.54) is 19.2 Å². The van der Waals surface area contributed by atoms with Gasteiger partial charge in [-0.25, -0.2) is 0 Å². The van der Waals surface area contributed by atoms with Gasteiger partial charge in [-0.1, -0.05) is 20.8 Å². The summed E-state index contributed by atoms with van der Waals surface area (Å²) in [6.07, 6.45) is 1.08. The van der Waals surface area contributed by atoms with E-state index in [4.69, 9.17) is 4.74 Å². The van der Waals surface area contributed by atoms with Crippen molar-refractivity contribution in [2.75, 3.05) is 25.5 Å². The minimum Gasteiger partial charge on any atom is -0.496 e. The maximum absolute atomic E-state index is 12.5. The summed E-state index contributed by atoms with van der Waals surface area (Å²) in [5, 5.41) is 13.9. The zero-order valence-corrected chi connectivity index (χ0v) is 15.6. The number of carbonyl (C=O) groups is 2. The van der Waals surface area contributed by atoms with Crippen molar-refractivity contribution in [3.8, 4) is 5.75 Å². The Kier molecular flexibility index (Phi) is 5.84. The molecular formula is C18H25N3O5. The van der Waals surface area contributed by atoms with E-state index < -0.39 is 10.3 Å². The van der Waals surface area contributed by atoms with Gasteiger partial charge in [0, 0.05) is 24.4 Å². The molecule has 2 amide bonds. The number of carbonyl (C=O) groups excluding carboxylic acids is 2. The van der Waals surface area contributed by atoms with Crippen molar-refractivity contribution in [3.05, 3.63) is 28.3 Å². The molecule has 1 aromatic rings. The second-order valence-corrected chi connectivity index (χ2v) is 7.45. The van der Waals surface area contributed by atoms with Crippen LogP contribution in [0.3, 0.4) is 0 Å². The van der Waals surface area contributed by atoms with Crippen LogP contribution in [-0.4, -0.2) is 41.8 Å². The lowest BCUT2D eigenvalue weighted by molar-refractivity contribution is -0.384. The molecule has 0 radical (unpaired) electrons. The summed E-state index contributed by atoms with van der Waals surface area (Å²) in [4.78, 5) is 37.2. The van der Waals surface area contributed by atoms with Crippen LogP contribution in [-0.2, 0) is 9.59 Å². The Morgan fingerprint density at radius 2 is 1.88 bits per heavy atom. The molecule has 26 heavy (non-hydrogen) atoms. The van der Waals surface area contributed by atoms with E-state index in [9.17, 15) is 19.7 Å². The number of nitro benzene ring substituents is 1. The molecule has 1 heterocycles. The first-order valence-electron chi connectivity index (χ1n) is 8.56. The monoisotopic (exact) mass is 363 g/mol. The lowest BCUT2D eigenvalue weighted by Crippen LogP contribution is -2.45. The molecule has 0 aliphatic carbocycles. The van der Waals surface area contributed by atoms with E-state index in [2.05, 4.69) is 5.32 Å². The number of anilines is 1. The fourth-order valence-corrected chi connectivity index (χ4v) is 2.95. The van der Waals surface area contributed by atoms with Crippen molar-refractivity contribution >= 4 is 23.2 Å². The van der Waals surface area contributed by atoms with Gasteiger partial charge in [-0.3, -0.25) is 19.7 Å². The second kappa shape index (κ2) is 7.72. The van der Waals surface area contributed by atoms with Gasteiger partial charge in [-0.2, -0.15) is 0 Å². The first-order valence-corrected chi connectivity index (χ1v) is 8.56. The molecule has 0 aromatic heterocycles. The van der Waals surface area contributed by atoms with Crippen molar-refractivity contribution in [1.29, 1.82) is 0 Å². The highest BCUT2D eigenvalue weighted by molar-refractivity contribution is 5.95. The maximum atomic E-state index is 12.5. The molecule has 8 heteroatoms. The standard InChI is InChI=1S/C18H25N3O5/c1-18(2,3)17(23)20-9-7-12(8-10-20)16(22)19-14-6-5-13(26-4)11-15(14)21(24)25/h5-6,11-12H,7-10H2,1-4H3,(H,19,22). The van der Waals surface area contributed by atoms with E-state index in [1.54, 1.807) is 11.0 Å². The lowest BCUT2D eigenvalue weighted by Gasteiger charge is -2.35. The number of methoxy groups -OCH3 is 1. The van der Waals surface area contributed by atoms with Gasteiger partial charge < -0.3 is 15.0 Å². The van der Waals surface area contributed by atoms with Crippen molar-refractivity contribution < 1.29 is 19.2 Å². The summed E-state index contributed by atoms with van der Waals surface area (Å²) in [6.45, 7) is 6.64. The van der Waals surface area contributed by atoms with Crippen LogP contribution in [0.25, 0.3) is 0 Å². The Labute approximate surface area is 152 Å². The Morgan fingerprint density at radius 1 is 1.27 bits per heavy atom. The first kappa shape index (κ1) is 19.7. The van der Waals surface area contributed by atoms with Gasteiger partial charge in [0.25, 0.3) is 5.69 Å². The number of likely N-dealkylation sites (tertiary alicyclic amines) is 1. The Balaban J connectivity index is 2.02. The van der Waals surface area contributed by atoms with E-state index in [0.29, 0.717) is 31.7 Å². The minimum atomic E-state index is -0.553. The number of amides is 2. The summed E-state index contributed by atoms with van der Waals surface area (Å²) >= 11 is 0. The number of piperidine rings is 1. The lowest BCUT2D eigenvalue weighted by atomic mass is 9.90. The first-order chi connectivity index (χ1) is 12.1. The normalized spacial score (nSPS) is 15.5. The quantitative estimate of drug-likeness (QED) is 0.655. The van der Waals surface area contributed by atoms with Crippen LogP contribution in [0.4, 0.5) is 11.4 Å². The maximum Gasteiger partial charge on any atom is 0.296 e. The third-order valence-corrected chi connectivity index (χ3v) is 4.45. The van der Waals surface area contributed by atoms with Crippen LogP contribution < -0.4 is 10.1 Å². The van der Waals surface area contributed by atoms with Gasteiger partial charge in [0.05, 0.1) is 18.1 Å². The third-order valence-electron chi connectivity index (χ3n) is 4.45. The third kappa shape index (κ3) is 4.50. The van der Waals surface area contributed by atoms with Gasteiger partial charge in [-0.15, -0.1) is 0 Å². The van der Waals surface area contributed by atoms with Crippen LogP contribution in [0.1, 0.15) is 33.6 Å². The van der Waals surface area contributed by atoms with Gasteiger partial charge in [0.2, 0.25) is 11.8 Å². The molecule has 0 bridgehead atoms. The molecule has 0 saturated carbocycles. The van der Waals surface area contributed by atoms with Crippen molar-refractivity contribution in [3.63, 3.8) is 0 Å². The average molecular weight is 363 g/mol. The average Bonchev–Trinajstić information content (AvgIpc) is 2.60. The van der Waals surface area contributed by atoms with Crippen LogP contribution in [0.15, 0.2) is 18.2 Å². The van der Waals surface area contributed by atoms with Gasteiger partial charge in [0.1, 0.15) is 11.4 Å². The van der Waals surface area contributed by atoms with Crippen LogP contribution >= 0.6 is 0 Å². The molecule has 2 rings (SSSR count). The molecule has 1 saturated heterocycles. The second-order valence-electron chi connectivity index (χ2n) is 7.45. The van der Waals surface area contributed by atoms with Crippen LogP contribution in [0.2, 0.25) is 0 Å². The van der Waals surface area contributed by atoms with Gasteiger partial charge in [-0.05, 0) is 25.0 Å². The molecule has 8 nitrogen and oxygen atoms in total. The van der Waals surface area contributed by atoms with Crippen LogP contribution in [0.5, 0.6) is 5.75 Å². The summed E-state index contributed by atoms with van der Waals surface area (Å²) in [6, 6.07) is 4.31. The largest absolute Gasteiger partial charge is 0.496 e. The van der Waals surface area contributed by atoms with Crippen molar-refractivity contribution in [1.82, 2.24) is 4.90 Å². The number of benzene rings is 1. The smallest absolute Gasteiger partial charge is 0.296 e. The Bertz CT molecular complexity index is 703. The minimum absolute atomic E-state index is 0.0714. The van der Waals surface area contributed by atoms with E-state index >= 15 is 0 Å². The number of hydrogen-bond donors (Lipinski definition) is 1. The zero-order chi connectivity index (χ0) is 19.5.